The van der Waals surface area contributed by atoms with Crippen LogP contribution < -0.4 is 10.6 Å². The lowest BCUT2D eigenvalue weighted by atomic mass is 9.96. The number of aliphatic imine (C=N–C) groups is 1. The number of guanidine groups is 1. The van der Waals surface area contributed by atoms with Crippen LogP contribution in [0, 0.1) is 11.3 Å². The van der Waals surface area contributed by atoms with Gasteiger partial charge in [-0.05, 0) is 32.1 Å². The van der Waals surface area contributed by atoms with Crippen molar-refractivity contribution in [3.8, 4) is 0 Å². The molecule has 24 heavy (non-hydrogen) atoms. The van der Waals surface area contributed by atoms with E-state index < -0.39 is 0 Å². The van der Waals surface area contributed by atoms with Crippen molar-refractivity contribution in [2.75, 3.05) is 46.4 Å². The van der Waals surface area contributed by atoms with Crippen molar-refractivity contribution < 1.29 is 9.53 Å². The number of rotatable bonds is 7. The molecular formula is C18H36N4O2. The third-order valence-electron chi connectivity index (χ3n) is 4.25. The Labute approximate surface area is 147 Å². The maximum Gasteiger partial charge on any atom is 0.225 e. The van der Waals surface area contributed by atoms with Crippen molar-refractivity contribution in [2.24, 2.45) is 16.3 Å². The van der Waals surface area contributed by atoms with E-state index >= 15 is 0 Å². The smallest absolute Gasteiger partial charge is 0.225 e. The molecule has 0 atom stereocenters. The quantitative estimate of drug-likeness (QED) is 0.422. The third kappa shape index (κ3) is 7.99. The number of amides is 1. The first-order valence-electron chi connectivity index (χ1n) is 9.20. The van der Waals surface area contributed by atoms with E-state index in [1.54, 1.807) is 0 Å². The monoisotopic (exact) mass is 340 g/mol. The number of hydrogen-bond acceptors (Lipinski definition) is 3. The Bertz CT molecular complexity index is 398. The highest BCUT2D eigenvalue weighted by Gasteiger charge is 2.20. The minimum Gasteiger partial charge on any atom is -0.381 e. The first kappa shape index (κ1) is 20.7. The summed E-state index contributed by atoms with van der Waals surface area (Å²) < 4.78 is 5.42. The van der Waals surface area contributed by atoms with Crippen LogP contribution in [0.2, 0.25) is 0 Å². The maximum absolute atomic E-state index is 11.9. The zero-order valence-electron chi connectivity index (χ0n) is 16.2. The number of carbonyl (C=O) groups is 1. The van der Waals surface area contributed by atoms with E-state index in [2.05, 4.69) is 34.5 Å². The Kier molecular flexibility index (Phi) is 9.11. The summed E-state index contributed by atoms with van der Waals surface area (Å²) in [7, 11) is 2.08. The Balaban J connectivity index is 2.38. The predicted octanol–water partition coefficient (Wildman–Crippen LogP) is 1.86. The first-order chi connectivity index (χ1) is 11.3. The predicted molar refractivity (Wildman–Crippen MR) is 99.2 cm³/mol. The van der Waals surface area contributed by atoms with Gasteiger partial charge in [-0.2, -0.15) is 0 Å². The molecule has 0 bridgehead atoms. The minimum absolute atomic E-state index is 0.0653. The molecule has 0 aliphatic carbocycles. The van der Waals surface area contributed by atoms with E-state index in [1.807, 2.05) is 20.8 Å². The van der Waals surface area contributed by atoms with Crippen LogP contribution in [-0.2, 0) is 9.53 Å². The SMILES string of the molecule is CCNC(=NCCNC(=O)C(C)(C)C)N(C)CCC1CCOCC1. The highest BCUT2D eigenvalue weighted by molar-refractivity contribution is 5.81. The Morgan fingerprint density at radius 2 is 1.92 bits per heavy atom. The van der Waals surface area contributed by atoms with E-state index in [0.717, 1.165) is 38.2 Å². The lowest BCUT2D eigenvalue weighted by Gasteiger charge is -2.27. The zero-order valence-corrected chi connectivity index (χ0v) is 16.2. The molecule has 0 aromatic rings. The minimum atomic E-state index is -0.352. The van der Waals surface area contributed by atoms with Crippen molar-refractivity contribution in [3.63, 3.8) is 0 Å². The molecule has 6 nitrogen and oxygen atoms in total. The standard InChI is InChI=1S/C18H36N4O2/c1-6-19-17(21-11-10-20-16(23)18(2,3)4)22(5)12-7-15-8-13-24-14-9-15/h15H,6-14H2,1-5H3,(H,19,21)(H,20,23). The summed E-state index contributed by atoms with van der Waals surface area (Å²) in [6.07, 6.45) is 3.51. The van der Waals surface area contributed by atoms with Gasteiger partial charge in [-0.3, -0.25) is 9.79 Å². The summed E-state index contributed by atoms with van der Waals surface area (Å²) in [5.74, 6) is 1.74. The fourth-order valence-electron chi connectivity index (χ4n) is 2.58. The van der Waals surface area contributed by atoms with Gasteiger partial charge in [0.2, 0.25) is 5.91 Å². The van der Waals surface area contributed by atoms with Crippen molar-refractivity contribution >= 4 is 11.9 Å². The topological polar surface area (TPSA) is 66.0 Å². The molecule has 1 fully saturated rings. The van der Waals surface area contributed by atoms with Gasteiger partial charge >= 0.3 is 0 Å². The van der Waals surface area contributed by atoms with Crippen LogP contribution in [0.25, 0.3) is 0 Å². The summed E-state index contributed by atoms with van der Waals surface area (Å²) in [5, 5.41) is 6.26. The summed E-state index contributed by atoms with van der Waals surface area (Å²) in [6, 6.07) is 0. The van der Waals surface area contributed by atoms with Crippen molar-refractivity contribution in [3.05, 3.63) is 0 Å². The van der Waals surface area contributed by atoms with Crippen LogP contribution in [0.5, 0.6) is 0 Å². The summed E-state index contributed by atoms with van der Waals surface area (Å²) >= 11 is 0. The normalized spacial score (nSPS) is 16.8. The zero-order chi connectivity index (χ0) is 18.0. The van der Waals surface area contributed by atoms with Gasteiger partial charge in [0.1, 0.15) is 0 Å². The van der Waals surface area contributed by atoms with Gasteiger partial charge in [0.15, 0.2) is 5.96 Å². The maximum atomic E-state index is 11.9. The number of nitrogens with one attached hydrogen (secondary N) is 2. The molecule has 1 saturated heterocycles. The molecule has 1 aliphatic rings. The molecular weight excluding hydrogens is 304 g/mol. The van der Waals surface area contributed by atoms with Gasteiger partial charge in [-0.15, -0.1) is 0 Å². The second kappa shape index (κ2) is 10.5. The van der Waals surface area contributed by atoms with Crippen LogP contribution >= 0.6 is 0 Å². The second-order valence-corrected chi connectivity index (χ2v) is 7.51. The van der Waals surface area contributed by atoms with E-state index in [1.165, 1.54) is 19.3 Å². The molecule has 1 heterocycles. The molecule has 1 rings (SSSR count). The van der Waals surface area contributed by atoms with Crippen LogP contribution in [0.4, 0.5) is 0 Å². The highest BCUT2D eigenvalue weighted by Crippen LogP contribution is 2.18. The number of nitrogens with zero attached hydrogens (tertiary/aromatic N) is 2. The lowest BCUT2D eigenvalue weighted by molar-refractivity contribution is -0.128. The third-order valence-corrected chi connectivity index (χ3v) is 4.25. The molecule has 2 N–H and O–H groups in total. The van der Waals surface area contributed by atoms with Gasteiger partial charge < -0.3 is 20.3 Å². The van der Waals surface area contributed by atoms with E-state index in [4.69, 9.17) is 4.74 Å². The van der Waals surface area contributed by atoms with Crippen LogP contribution in [0.1, 0.15) is 47.0 Å². The van der Waals surface area contributed by atoms with Gasteiger partial charge in [0, 0.05) is 45.3 Å². The molecule has 0 spiro atoms. The average molecular weight is 341 g/mol. The highest BCUT2D eigenvalue weighted by atomic mass is 16.5. The van der Waals surface area contributed by atoms with Gasteiger partial charge in [0.05, 0.1) is 6.54 Å². The van der Waals surface area contributed by atoms with Crippen LogP contribution in [0.15, 0.2) is 4.99 Å². The molecule has 1 amide bonds. The van der Waals surface area contributed by atoms with Gasteiger partial charge in [0.25, 0.3) is 0 Å². The molecule has 0 aromatic heterocycles. The molecule has 0 unspecified atom stereocenters. The molecule has 140 valence electrons. The second-order valence-electron chi connectivity index (χ2n) is 7.51. The van der Waals surface area contributed by atoms with Crippen molar-refractivity contribution in [2.45, 2.75) is 47.0 Å². The van der Waals surface area contributed by atoms with Gasteiger partial charge in [-0.1, -0.05) is 20.8 Å². The van der Waals surface area contributed by atoms with E-state index in [9.17, 15) is 4.79 Å². The largest absolute Gasteiger partial charge is 0.381 e. The number of ether oxygens (including phenoxy) is 1. The summed E-state index contributed by atoms with van der Waals surface area (Å²) in [6.45, 7) is 12.6. The van der Waals surface area contributed by atoms with Crippen molar-refractivity contribution in [1.29, 1.82) is 0 Å². The molecule has 1 aliphatic heterocycles. The lowest BCUT2D eigenvalue weighted by Crippen LogP contribution is -2.41. The summed E-state index contributed by atoms with van der Waals surface area (Å²) in [5.41, 5.74) is -0.352. The van der Waals surface area contributed by atoms with E-state index in [0.29, 0.717) is 13.1 Å². The summed E-state index contributed by atoms with van der Waals surface area (Å²) in [4.78, 5) is 18.7. The fourth-order valence-corrected chi connectivity index (χ4v) is 2.58. The van der Waals surface area contributed by atoms with Crippen LogP contribution in [0.3, 0.4) is 0 Å². The molecule has 6 heteroatoms. The van der Waals surface area contributed by atoms with Gasteiger partial charge in [-0.25, -0.2) is 0 Å². The Morgan fingerprint density at radius 1 is 1.25 bits per heavy atom. The first-order valence-corrected chi connectivity index (χ1v) is 9.20. The molecule has 0 saturated carbocycles. The van der Waals surface area contributed by atoms with Crippen LogP contribution in [-0.4, -0.2) is 63.2 Å². The van der Waals surface area contributed by atoms with Crippen molar-refractivity contribution in [1.82, 2.24) is 15.5 Å². The Hall–Kier alpha value is -1.30. The van der Waals surface area contributed by atoms with E-state index in [-0.39, 0.29) is 11.3 Å². The molecule has 0 radical (unpaired) electrons. The number of hydrogen-bond donors (Lipinski definition) is 2. The average Bonchev–Trinajstić information content (AvgIpc) is 2.55. The Morgan fingerprint density at radius 3 is 2.50 bits per heavy atom. The number of carbonyl (C=O) groups excluding carboxylic acids is 1. The molecule has 0 aromatic carbocycles. The fraction of sp³-hybridized carbons (Fsp3) is 0.889.